The van der Waals surface area contributed by atoms with Crippen molar-refractivity contribution in [1.82, 2.24) is 14.9 Å². The van der Waals surface area contributed by atoms with E-state index in [9.17, 15) is 4.79 Å². The highest BCUT2D eigenvalue weighted by Crippen LogP contribution is 2.22. The highest BCUT2D eigenvalue weighted by atomic mass is 16.5. The van der Waals surface area contributed by atoms with E-state index >= 15 is 0 Å². The van der Waals surface area contributed by atoms with E-state index in [1.807, 2.05) is 53.7 Å². The molecule has 1 aliphatic heterocycles. The Bertz CT molecular complexity index is 1310. The second-order valence-corrected chi connectivity index (χ2v) is 9.19. The van der Waals surface area contributed by atoms with Crippen molar-refractivity contribution in [2.45, 2.75) is 19.9 Å². The SMILES string of the molecule is Cc1ccc(C(=O)N2CCOC[C@@H](Cc3ccc4ccncc4c3)C2)cc1NCc1ccncc1. The van der Waals surface area contributed by atoms with Gasteiger partial charge in [0.2, 0.25) is 0 Å². The molecule has 1 atom stereocenters. The molecule has 1 fully saturated rings. The van der Waals surface area contributed by atoms with Crippen LogP contribution >= 0.6 is 0 Å². The zero-order valence-electron chi connectivity index (χ0n) is 20.0. The molecule has 1 N–H and O–H groups in total. The number of benzene rings is 2. The number of aryl methyl sites for hydroxylation is 1. The van der Waals surface area contributed by atoms with Gasteiger partial charge in [-0.15, -0.1) is 0 Å². The van der Waals surface area contributed by atoms with E-state index in [0.29, 0.717) is 38.4 Å². The summed E-state index contributed by atoms with van der Waals surface area (Å²) in [4.78, 5) is 23.7. The van der Waals surface area contributed by atoms with Gasteiger partial charge in [-0.3, -0.25) is 14.8 Å². The first-order chi connectivity index (χ1) is 17.2. The molecule has 178 valence electrons. The van der Waals surface area contributed by atoms with Crippen LogP contribution < -0.4 is 5.32 Å². The molecule has 6 nitrogen and oxygen atoms in total. The molecule has 0 spiro atoms. The highest BCUT2D eigenvalue weighted by Gasteiger charge is 2.24. The molecule has 0 saturated carbocycles. The molecule has 2 aromatic carbocycles. The van der Waals surface area contributed by atoms with E-state index in [-0.39, 0.29) is 11.8 Å². The van der Waals surface area contributed by atoms with Crippen molar-refractivity contribution in [1.29, 1.82) is 0 Å². The molecular formula is C29H30N4O2. The minimum absolute atomic E-state index is 0.0511. The second-order valence-electron chi connectivity index (χ2n) is 9.19. The third-order valence-corrected chi connectivity index (χ3v) is 6.57. The first kappa shape index (κ1) is 23.0. The van der Waals surface area contributed by atoms with Crippen molar-refractivity contribution in [2.75, 3.05) is 31.6 Å². The number of fused-ring (bicyclic) bond motifs is 1. The van der Waals surface area contributed by atoms with E-state index in [1.165, 1.54) is 10.9 Å². The highest BCUT2D eigenvalue weighted by molar-refractivity contribution is 5.95. The maximum absolute atomic E-state index is 13.5. The lowest BCUT2D eigenvalue weighted by atomic mass is 9.97. The molecule has 35 heavy (non-hydrogen) atoms. The van der Waals surface area contributed by atoms with Crippen LogP contribution in [-0.2, 0) is 17.7 Å². The lowest BCUT2D eigenvalue weighted by Crippen LogP contribution is -2.36. The number of rotatable bonds is 6. The molecule has 2 aromatic heterocycles. The van der Waals surface area contributed by atoms with Crippen molar-refractivity contribution < 1.29 is 9.53 Å². The Hall–Kier alpha value is -3.77. The summed E-state index contributed by atoms with van der Waals surface area (Å²) in [6, 6.07) is 18.4. The van der Waals surface area contributed by atoms with Gasteiger partial charge in [0.25, 0.3) is 5.91 Å². The van der Waals surface area contributed by atoms with E-state index in [2.05, 4.69) is 40.4 Å². The van der Waals surface area contributed by atoms with Crippen molar-refractivity contribution in [3.63, 3.8) is 0 Å². The second kappa shape index (κ2) is 10.7. The topological polar surface area (TPSA) is 67.4 Å². The van der Waals surface area contributed by atoms with Gasteiger partial charge in [0.1, 0.15) is 0 Å². The van der Waals surface area contributed by atoms with Gasteiger partial charge < -0.3 is 15.0 Å². The minimum atomic E-state index is 0.0511. The van der Waals surface area contributed by atoms with Gasteiger partial charge in [-0.1, -0.05) is 18.2 Å². The van der Waals surface area contributed by atoms with Gasteiger partial charge in [-0.2, -0.15) is 0 Å². The average Bonchev–Trinajstić information content (AvgIpc) is 3.14. The summed E-state index contributed by atoms with van der Waals surface area (Å²) in [5.41, 5.74) is 5.17. The summed E-state index contributed by atoms with van der Waals surface area (Å²) in [7, 11) is 0. The summed E-state index contributed by atoms with van der Waals surface area (Å²) in [5, 5.41) is 5.79. The smallest absolute Gasteiger partial charge is 0.254 e. The molecule has 0 radical (unpaired) electrons. The molecule has 4 aromatic rings. The number of hydrogen-bond acceptors (Lipinski definition) is 5. The van der Waals surface area contributed by atoms with Crippen molar-refractivity contribution in [3.05, 3.63) is 102 Å². The molecule has 1 saturated heterocycles. The number of carbonyl (C=O) groups excluding carboxylic acids is 1. The number of amides is 1. The number of hydrogen-bond donors (Lipinski definition) is 1. The summed E-state index contributed by atoms with van der Waals surface area (Å²) in [6.07, 6.45) is 8.15. The predicted octanol–water partition coefficient (Wildman–Crippen LogP) is 4.88. The molecule has 0 aliphatic carbocycles. The van der Waals surface area contributed by atoms with E-state index in [1.54, 1.807) is 12.4 Å². The monoisotopic (exact) mass is 466 g/mol. The quantitative estimate of drug-likeness (QED) is 0.439. The molecule has 0 unspecified atom stereocenters. The Balaban J connectivity index is 1.28. The Morgan fingerprint density at radius 1 is 1.00 bits per heavy atom. The summed E-state index contributed by atoms with van der Waals surface area (Å²) in [6.45, 7) is 5.23. The van der Waals surface area contributed by atoms with Crippen molar-refractivity contribution in [3.8, 4) is 0 Å². The Morgan fingerprint density at radius 2 is 1.86 bits per heavy atom. The number of nitrogens with zero attached hydrogens (tertiary/aromatic N) is 3. The Labute approximate surface area is 206 Å². The molecule has 1 amide bonds. The van der Waals surface area contributed by atoms with Crippen molar-refractivity contribution in [2.24, 2.45) is 5.92 Å². The third kappa shape index (κ3) is 5.66. The zero-order chi connectivity index (χ0) is 24.0. The first-order valence-corrected chi connectivity index (χ1v) is 12.1. The lowest BCUT2D eigenvalue weighted by Gasteiger charge is -2.24. The summed E-state index contributed by atoms with van der Waals surface area (Å²) >= 11 is 0. The molecule has 6 heteroatoms. The van der Waals surface area contributed by atoms with Gasteiger partial charge >= 0.3 is 0 Å². The van der Waals surface area contributed by atoms with Gasteiger partial charge in [0.15, 0.2) is 0 Å². The first-order valence-electron chi connectivity index (χ1n) is 12.1. The van der Waals surface area contributed by atoms with Crippen LogP contribution in [-0.4, -0.2) is 47.1 Å². The molecule has 0 bridgehead atoms. The van der Waals surface area contributed by atoms with Gasteiger partial charge in [-0.05, 0) is 71.8 Å². The zero-order valence-corrected chi connectivity index (χ0v) is 20.0. The number of anilines is 1. The average molecular weight is 467 g/mol. The third-order valence-electron chi connectivity index (χ3n) is 6.57. The molecule has 1 aliphatic rings. The number of ether oxygens (including phenoxy) is 1. The summed E-state index contributed by atoms with van der Waals surface area (Å²) in [5.74, 6) is 0.292. The minimum Gasteiger partial charge on any atom is -0.381 e. The number of carbonyl (C=O) groups is 1. The number of aromatic nitrogens is 2. The lowest BCUT2D eigenvalue weighted by molar-refractivity contribution is 0.0737. The van der Waals surface area contributed by atoms with Crippen LogP contribution in [0.25, 0.3) is 10.8 Å². The number of nitrogens with one attached hydrogen (secondary N) is 1. The molecular weight excluding hydrogens is 436 g/mol. The van der Waals surface area contributed by atoms with E-state index in [4.69, 9.17) is 4.74 Å². The van der Waals surface area contributed by atoms with Gasteiger partial charge in [0.05, 0.1) is 13.2 Å². The van der Waals surface area contributed by atoms with Crippen LogP contribution in [0.5, 0.6) is 0 Å². The fraction of sp³-hybridized carbons (Fsp3) is 0.276. The predicted molar refractivity (Wildman–Crippen MR) is 138 cm³/mol. The van der Waals surface area contributed by atoms with Crippen molar-refractivity contribution >= 4 is 22.4 Å². The standard InChI is InChI=1S/C29H30N4O2/c1-21-2-4-26(16-28(21)32-17-22-6-9-30-10-7-22)29(34)33-12-13-35-20-24(19-33)14-23-3-5-25-8-11-31-18-27(25)15-23/h2-11,15-16,18,24,32H,12-14,17,19-20H2,1H3/t24-/m0/s1. The fourth-order valence-corrected chi connectivity index (χ4v) is 4.61. The fourth-order valence-electron chi connectivity index (χ4n) is 4.61. The van der Waals surface area contributed by atoms with Crippen LogP contribution in [0.15, 0.2) is 79.4 Å². The van der Waals surface area contributed by atoms with Crippen LogP contribution in [0.1, 0.15) is 27.0 Å². The largest absolute Gasteiger partial charge is 0.381 e. The van der Waals surface area contributed by atoms with Gasteiger partial charge in [0, 0.05) is 67.0 Å². The normalized spacial score (nSPS) is 16.1. The van der Waals surface area contributed by atoms with E-state index in [0.717, 1.165) is 28.6 Å². The maximum atomic E-state index is 13.5. The maximum Gasteiger partial charge on any atom is 0.254 e. The Kier molecular flexibility index (Phi) is 7.00. The van der Waals surface area contributed by atoms with Gasteiger partial charge in [-0.25, -0.2) is 0 Å². The van der Waals surface area contributed by atoms with Crippen LogP contribution in [0, 0.1) is 12.8 Å². The molecule has 3 heterocycles. The summed E-state index contributed by atoms with van der Waals surface area (Å²) < 4.78 is 5.89. The van der Waals surface area contributed by atoms with Crippen LogP contribution in [0.2, 0.25) is 0 Å². The molecule has 5 rings (SSSR count). The van der Waals surface area contributed by atoms with Crippen LogP contribution in [0.3, 0.4) is 0 Å². The number of pyridine rings is 2. The Morgan fingerprint density at radius 3 is 2.74 bits per heavy atom. The van der Waals surface area contributed by atoms with Crippen LogP contribution in [0.4, 0.5) is 5.69 Å². The van der Waals surface area contributed by atoms with E-state index < -0.39 is 0 Å².